The Balaban J connectivity index is 2.41. The van der Waals surface area contributed by atoms with Crippen LogP contribution in [0.3, 0.4) is 0 Å². The van der Waals surface area contributed by atoms with Gasteiger partial charge in [-0.05, 0) is 19.3 Å². The Hall–Kier alpha value is -0.340. The summed E-state index contributed by atoms with van der Waals surface area (Å²) < 4.78 is 4.83. The van der Waals surface area contributed by atoms with Crippen molar-refractivity contribution in [3.05, 3.63) is 0 Å². The van der Waals surface area contributed by atoms with Crippen LogP contribution in [-0.2, 0) is 4.74 Å². The van der Waals surface area contributed by atoms with E-state index in [9.17, 15) is 4.79 Å². The van der Waals surface area contributed by atoms with Crippen LogP contribution in [0, 0.1) is 0 Å². The zero-order chi connectivity index (χ0) is 10.4. The second-order valence-electron chi connectivity index (χ2n) is 3.74. The van der Waals surface area contributed by atoms with Crippen LogP contribution in [0.15, 0.2) is 0 Å². The molecule has 0 radical (unpaired) electrons. The van der Waals surface area contributed by atoms with Gasteiger partial charge in [0.1, 0.15) is 6.10 Å². The highest BCUT2D eigenvalue weighted by molar-refractivity contribution is 7.13. The standard InChI is InChI=1S/C9H18NO3P/c11-9(12)13-8-5-3-1-2-4-7(6-8)10-14/h7-8,10H,1-6,14H2,(H,11,12). The van der Waals surface area contributed by atoms with Gasteiger partial charge in [-0.25, -0.2) is 4.79 Å². The average molecular weight is 219 g/mol. The van der Waals surface area contributed by atoms with Gasteiger partial charge in [0, 0.05) is 12.5 Å². The first-order valence-electron chi connectivity index (χ1n) is 5.08. The van der Waals surface area contributed by atoms with Gasteiger partial charge < -0.3 is 9.84 Å². The summed E-state index contributed by atoms with van der Waals surface area (Å²) in [6.45, 7) is 0. The van der Waals surface area contributed by atoms with Gasteiger partial charge in [-0.15, -0.1) is 0 Å². The maximum Gasteiger partial charge on any atom is 0.506 e. The lowest BCUT2D eigenvalue weighted by atomic mass is 9.95. The first-order valence-corrected chi connectivity index (χ1v) is 5.66. The fourth-order valence-electron chi connectivity index (χ4n) is 1.89. The molecule has 4 nitrogen and oxygen atoms in total. The molecule has 0 aromatic carbocycles. The molecule has 0 aliphatic heterocycles. The van der Waals surface area contributed by atoms with Crippen molar-refractivity contribution in [1.29, 1.82) is 0 Å². The van der Waals surface area contributed by atoms with Crippen molar-refractivity contribution in [3.8, 4) is 0 Å². The highest BCUT2D eigenvalue weighted by atomic mass is 31.0. The van der Waals surface area contributed by atoms with Gasteiger partial charge >= 0.3 is 6.16 Å². The Morgan fingerprint density at radius 1 is 1.36 bits per heavy atom. The molecule has 0 heterocycles. The summed E-state index contributed by atoms with van der Waals surface area (Å²) in [6, 6.07) is 0.365. The first kappa shape index (κ1) is 11.7. The summed E-state index contributed by atoms with van der Waals surface area (Å²) in [7, 11) is 2.49. The molecular weight excluding hydrogens is 201 g/mol. The van der Waals surface area contributed by atoms with Crippen LogP contribution in [0.25, 0.3) is 0 Å². The molecule has 1 rings (SSSR count). The second-order valence-corrected chi connectivity index (χ2v) is 4.08. The molecule has 0 saturated heterocycles. The van der Waals surface area contributed by atoms with Crippen LogP contribution in [0.4, 0.5) is 4.79 Å². The van der Waals surface area contributed by atoms with Crippen LogP contribution in [-0.4, -0.2) is 23.4 Å². The van der Waals surface area contributed by atoms with E-state index in [2.05, 4.69) is 14.5 Å². The van der Waals surface area contributed by atoms with Gasteiger partial charge in [-0.2, -0.15) is 0 Å². The number of hydrogen-bond acceptors (Lipinski definition) is 3. The van der Waals surface area contributed by atoms with E-state index in [4.69, 9.17) is 9.84 Å². The van der Waals surface area contributed by atoms with E-state index in [0.29, 0.717) is 6.04 Å². The molecule has 1 fully saturated rings. The number of nitrogens with one attached hydrogen (secondary N) is 1. The Morgan fingerprint density at radius 2 is 2.07 bits per heavy atom. The molecule has 14 heavy (non-hydrogen) atoms. The number of rotatable bonds is 2. The van der Waals surface area contributed by atoms with Gasteiger partial charge in [-0.3, -0.25) is 5.09 Å². The molecule has 0 amide bonds. The van der Waals surface area contributed by atoms with E-state index < -0.39 is 6.16 Å². The molecular formula is C9H18NO3P. The van der Waals surface area contributed by atoms with Crippen LogP contribution in [0.1, 0.15) is 38.5 Å². The van der Waals surface area contributed by atoms with Gasteiger partial charge in [0.15, 0.2) is 0 Å². The van der Waals surface area contributed by atoms with E-state index >= 15 is 0 Å². The molecule has 82 valence electrons. The monoisotopic (exact) mass is 219 g/mol. The van der Waals surface area contributed by atoms with E-state index in [-0.39, 0.29) is 6.10 Å². The minimum Gasteiger partial charge on any atom is -0.450 e. The fraction of sp³-hybridized carbons (Fsp3) is 0.889. The van der Waals surface area contributed by atoms with Gasteiger partial charge in [0.25, 0.3) is 0 Å². The number of hydrogen-bond donors (Lipinski definition) is 2. The van der Waals surface area contributed by atoms with Crippen LogP contribution < -0.4 is 5.09 Å². The lowest BCUT2D eigenvalue weighted by molar-refractivity contribution is 0.0374. The third-order valence-corrected chi connectivity index (χ3v) is 3.10. The largest absolute Gasteiger partial charge is 0.506 e. The normalized spacial score (nSPS) is 28.9. The molecule has 0 spiro atoms. The predicted molar refractivity (Wildman–Crippen MR) is 57.2 cm³/mol. The maximum atomic E-state index is 10.4. The smallest absolute Gasteiger partial charge is 0.450 e. The quantitative estimate of drug-likeness (QED) is 0.552. The summed E-state index contributed by atoms with van der Waals surface area (Å²) in [6.07, 6.45) is 4.91. The first-order chi connectivity index (χ1) is 6.72. The molecule has 0 aromatic heterocycles. The molecule has 3 atom stereocenters. The third kappa shape index (κ3) is 4.25. The van der Waals surface area contributed by atoms with Crippen molar-refractivity contribution in [2.45, 2.75) is 50.7 Å². The molecule has 3 unspecified atom stereocenters. The van der Waals surface area contributed by atoms with E-state index in [1.54, 1.807) is 0 Å². The van der Waals surface area contributed by atoms with Crippen molar-refractivity contribution >= 4 is 15.5 Å². The van der Waals surface area contributed by atoms with Crippen molar-refractivity contribution in [2.24, 2.45) is 0 Å². The number of carbonyl (C=O) groups is 1. The number of carboxylic acid groups (broad SMARTS) is 1. The Labute approximate surface area is 86.7 Å². The maximum absolute atomic E-state index is 10.4. The van der Waals surface area contributed by atoms with E-state index in [1.807, 2.05) is 0 Å². The average Bonchev–Trinajstić information content (AvgIpc) is 2.08. The topological polar surface area (TPSA) is 58.6 Å². The Kier molecular flexibility index (Phi) is 5.20. The molecule has 2 N–H and O–H groups in total. The second kappa shape index (κ2) is 6.20. The van der Waals surface area contributed by atoms with E-state index in [0.717, 1.165) is 25.7 Å². The molecule has 5 heteroatoms. The summed E-state index contributed by atoms with van der Waals surface area (Å²) in [5, 5.41) is 11.7. The van der Waals surface area contributed by atoms with Crippen molar-refractivity contribution < 1.29 is 14.6 Å². The van der Waals surface area contributed by atoms with Crippen molar-refractivity contribution in [3.63, 3.8) is 0 Å². The lowest BCUT2D eigenvalue weighted by Gasteiger charge is -2.24. The summed E-state index contributed by atoms with van der Waals surface area (Å²) in [4.78, 5) is 10.4. The van der Waals surface area contributed by atoms with Gasteiger partial charge in [-0.1, -0.05) is 22.2 Å². The zero-order valence-electron chi connectivity index (χ0n) is 8.24. The minimum atomic E-state index is -1.15. The van der Waals surface area contributed by atoms with Crippen LogP contribution in [0.2, 0.25) is 0 Å². The zero-order valence-corrected chi connectivity index (χ0v) is 9.39. The van der Waals surface area contributed by atoms with Gasteiger partial charge in [0.2, 0.25) is 0 Å². The molecule has 1 saturated carbocycles. The van der Waals surface area contributed by atoms with Crippen molar-refractivity contribution in [1.82, 2.24) is 5.09 Å². The molecule has 1 aliphatic rings. The molecule has 1 aliphatic carbocycles. The van der Waals surface area contributed by atoms with Crippen molar-refractivity contribution in [2.75, 3.05) is 0 Å². The fourth-order valence-corrected chi connectivity index (χ4v) is 2.20. The minimum absolute atomic E-state index is 0.133. The SMILES string of the molecule is O=C(O)OC1CCCCCC(NP)C1. The predicted octanol–water partition coefficient (Wildman–Crippen LogP) is 2.15. The Morgan fingerprint density at radius 3 is 2.71 bits per heavy atom. The van der Waals surface area contributed by atoms with Crippen LogP contribution >= 0.6 is 9.39 Å². The number of ether oxygens (including phenoxy) is 1. The van der Waals surface area contributed by atoms with E-state index in [1.165, 1.54) is 12.8 Å². The molecule has 0 bridgehead atoms. The molecule has 0 aromatic rings. The van der Waals surface area contributed by atoms with Gasteiger partial charge in [0.05, 0.1) is 0 Å². The highest BCUT2D eigenvalue weighted by Gasteiger charge is 2.20. The van der Waals surface area contributed by atoms with Crippen LogP contribution in [0.5, 0.6) is 0 Å². The third-order valence-electron chi connectivity index (χ3n) is 2.63. The summed E-state index contributed by atoms with van der Waals surface area (Å²) in [5.74, 6) is 0. The lowest BCUT2D eigenvalue weighted by Crippen LogP contribution is -2.30. The summed E-state index contributed by atoms with van der Waals surface area (Å²) >= 11 is 0. The highest BCUT2D eigenvalue weighted by Crippen LogP contribution is 2.20. The summed E-state index contributed by atoms with van der Waals surface area (Å²) in [5.41, 5.74) is 0. The Bertz CT molecular complexity index is 189.